The highest BCUT2D eigenvalue weighted by molar-refractivity contribution is 6.31. The Hall–Kier alpha value is -2.25. The van der Waals surface area contributed by atoms with Gasteiger partial charge in [0.2, 0.25) is 0 Å². The minimum atomic E-state index is -0.542. The zero-order valence-electron chi connectivity index (χ0n) is 13.7. The molecule has 0 saturated heterocycles. The summed E-state index contributed by atoms with van der Waals surface area (Å²) in [5, 5.41) is 5.73. The number of likely N-dealkylation sites (N-methyl/N-ethyl adjacent to an activating group) is 1. The van der Waals surface area contributed by atoms with E-state index in [0.29, 0.717) is 23.9 Å². The normalized spacial score (nSPS) is 10.8. The summed E-state index contributed by atoms with van der Waals surface area (Å²) in [5.74, 6) is 0.0949. The Labute approximate surface area is 145 Å². The molecule has 24 heavy (non-hydrogen) atoms. The van der Waals surface area contributed by atoms with Crippen molar-refractivity contribution in [3.05, 3.63) is 46.6 Å². The lowest BCUT2D eigenvalue weighted by Gasteiger charge is -2.12. The number of hydrogen-bond donors (Lipinski definition) is 2. The topological polar surface area (TPSA) is 70.2 Å². The number of amides is 1. The van der Waals surface area contributed by atoms with Crippen LogP contribution < -0.4 is 10.6 Å². The first-order valence-corrected chi connectivity index (χ1v) is 7.73. The van der Waals surface area contributed by atoms with Gasteiger partial charge in [0.25, 0.3) is 5.91 Å². The monoisotopic (exact) mass is 351 g/mol. The number of aromatic nitrogens is 2. The molecule has 2 aromatic rings. The number of benzene rings is 1. The molecule has 0 bridgehead atoms. The first kappa shape index (κ1) is 18.1. The van der Waals surface area contributed by atoms with Gasteiger partial charge in [0.1, 0.15) is 23.2 Å². The largest absolute Gasteiger partial charge is 0.369 e. The third-order valence-electron chi connectivity index (χ3n) is 3.11. The predicted molar refractivity (Wildman–Crippen MR) is 93.2 cm³/mol. The molecule has 128 valence electrons. The number of halogens is 2. The fraction of sp³-hybridized carbons (Fsp3) is 0.312. The highest BCUT2D eigenvalue weighted by Crippen LogP contribution is 2.20. The molecule has 1 aromatic carbocycles. The second-order valence-electron chi connectivity index (χ2n) is 5.50. The number of anilines is 2. The van der Waals surface area contributed by atoms with Crippen LogP contribution in [0, 0.1) is 12.7 Å². The zero-order valence-corrected chi connectivity index (χ0v) is 14.5. The van der Waals surface area contributed by atoms with Gasteiger partial charge in [-0.05, 0) is 39.2 Å². The molecule has 2 rings (SSSR count). The summed E-state index contributed by atoms with van der Waals surface area (Å²) in [6.07, 6.45) is 0. The maximum absolute atomic E-state index is 13.2. The quantitative estimate of drug-likeness (QED) is 0.837. The van der Waals surface area contributed by atoms with E-state index in [2.05, 4.69) is 20.6 Å². The van der Waals surface area contributed by atoms with Crippen LogP contribution in [0.4, 0.5) is 15.9 Å². The molecule has 8 heteroatoms. The van der Waals surface area contributed by atoms with Crippen LogP contribution in [0.5, 0.6) is 0 Å². The Balaban J connectivity index is 2.10. The van der Waals surface area contributed by atoms with Crippen LogP contribution in [0.15, 0.2) is 24.3 Å². The Bertz CT molecular complexity index is 738. The van der Waals surface area contributed by atoms with E-state index in [1.54, 1.807) is 13.0 Å². The number of rotatable bonds is 6. The van der Waals surface area contributed by atoms with E-state index in [9.17, 15) is 9.18 Å². The average Bonchev–Trinajstić information content (AvgIpc) is 2.50. The minimum absolute atomic E-state index is 0.0577. The molecule has 0 aliphatic carbocycles. The molecule has 0 radical (unpaired) electrons. The van der Waals surface area contributed by atoms with Crippen LogP contribution in [0.1, 0.15) is 16.3 Å². The van der Waals surface area contributed by atoms with Gasteiger partial charge < -0.3 is 15.5 Å². The number of carbonyl (C=O) groups is 1. The lowest BCUT2D eigenvalue weighted by molar-refractivity contribution is 0.102. The molecule has 2 N–H and O–H groups in total. The van der Waals surface area contributed by atoms with E-state index in [0.717, 1.165) is 6.54 Å². The van der Waals surface area contributed by atoms with Crippen LogP contribution in [-0.4, -0.2) is 48.0 Å². The molecular formula is C16H19ClFN5O. The van der Waals surface area contributed by atoms with Crippen molar-refractivity contribution in [3.63, 3.8) is 0 Å². The lowest BCUT2D eigenvalue weighted by atomic mass is 10.3. The highest BCUT2D eigenvalue weighted by atomic mass is 35.5. The van der Waals surface area contributed by atoms with Crippen LogP contribution in [-0.2, 0) is 0 Å². The second-order valence-corrected chi connectivity index (χ2v) is 5.91. The van der Waals surface area contributed by atoms with Crippen LogP contribution in [0.25, 0.3) is 0 Å². The average molecular weight is 352 g/mol. The SMILES string of the molecule is Cc1nc(NCCN(C)C)cc(C(=O)Nc2ccc(F)c(Cl)c2)n1. The summed E-state index contributed by atoms with van der Waals surface area (Å²) in [6.45, 7) is 3.24. The highest BCUT2D eigenvalue weighted by Gasteiger charge is 2.12. The van der Waals surface area contributed by atoms with Crippen molar-refractivity contribution in [1.29, 1.82) is 0 Å². The van der Waals surface area contributed by atoms with Gasteiger partial charge in [-0.15, -0.1) is 0 Å². The molecule has 6 nitrogen and oxygen atoms in total. The number of aryl methyl sites for hydroxylation is 1. The summed E-state index contributed by atoms with van der Waals surface area (Å²) in [7, 11) is 3.94. The molecule has 0 spiro atoms. The van der Waals surface area contributed by atoms with Crippen molar-refractivity contribution in [1.82, 2.24) is 14.9 Å². The second kappa shape index (κ2) is 8.03. The number of hydrogen-bond acceptors (Lipinski definition) is 5. The minimum Gasteiger partial charge on any atom is -0.369 e. The maximum Gasteiger partial charge on any atom is 0.274 e. The van der Waals surface area contributed by atoms with Crippen molar-refractivity contribution < 1.29 is 9.18 Å². The van der Waals surface area contributed by atoms with E-state index in [1.807, 2.05) is 19.0 Å². The van der Waals surface area contributed by atoms with E-state index in [1.165, 1.54) is 18.2 Å². The van der Waals surface area contributed by atoms with Crippen molar-refractivity contribution in [3.8, 4) is 0 Å². The molecule has 1 amide bonds. The summed E-state index contributed by atoms with van der Waals surface area (Å²) < 4.78 is 13.2. The first-order valence-electron chi connectivity index (χ1n) is 7.36. The van der Waals surface area contributed by atoms with Crippen molar-refractivity contribution in [2.24, 2.45) is 0 Å². The molecule has 0 saturated carbocycles. The molecule has 0 aliphatic rings. The van der Waals surface area contributed by atoms with Gasteiger partial charge in [-0.3, -0.25) is 4.79 Å². The summed E-state index contributed by atoms with van der Waals surface area (Å²) in [4.78, 5) is 22.7. The Morgan fingerprint density at radius 1 is 1.29 bits per heavy atom. The molecule has 1 heterocycles. The Kier molecular flexibility index (Phi) is 6.05. The fourth-order valence-corrected chi connectivity index (χ4v) is 2.13. The van der Waals surface area contributed by atoms with E-state index >= 15 is 0 Å². The molecule has 0 unspecified atom stereocenters. The van der Waals surface area contributed by atoms with Gasteiger partial charge >= 0.3 is 0 Å². The van der Waals surface area contributed by atoms with Gasteiger partial charge in [-0.1, -0.05) is 11.6 Å². The molecule has 0 fully saturated rings. The first-order chi connectivity index (χ1) is 11.3. The van der Waals surface area contributed by atoms with Crippen molar-refractivity contribution in [2.45, 2.75) is 6.92 Å². The van der Waals surface area contributed by atoms with Crippen molar-refractivity contribution >= 4 is 29.0 Å². The van der Waals surface area contributed by atoms with Crippen LogP contribution >= 0.6 is 11.6 Å². The Morgan fingerprint density at radius 2 is 2.04 bits per heavy atom. The summed E-state index contributed by atoms with van der Waals surface area (Å²) >= 11 is 5.71. The van der Waals surface area contributed by atoms with Gasteiger partial charge in [0.15, 0.2) is 0 Å². The fourth-order valence-electron chi connectivity index (χ4n) is 1.95. The van der Waals surface area contributed by atoms with Crippen LogP contribution in [0.2, 0.25) is 5.02 Å². The number of nitrogens with zero attached hydrogens (tertiary/aromatic N) is 3. The van der Waals surface area contributed by atoms with E-state index in [-0.39, 0.29) is 10.7 Å². The predicted octanol–water partition coefficient (Wildman–Crippen LogP) is 2.80. The maximum atomic E-state index is 13.2. The smallest absolute Gasteiger partial charge is 0.274 e. The van der Waals surface area contributed by atoms with E-state index in [4.69, 9.17) is 11.6 Å². The standard InChI is InChI=1S/C16H19ClFN5O/c1-10-20-14(9-15(21-10)19-6-7-23(2)3)16(24)22-11-4-5-13(18)12(17)8-11/h4-5,8-9H,6-7H2,1-3H3,(H,22,24)(H,19,20,21). The summed E-state index contributed by atoms with van der Waals surface area (Å²) in [5.41, 5.74) is 0.611. The molecule has 0 atom stereocenters. The Morgan fingerprint density at radius 3 is 2.71 bits per heavy atom. The third-order valence-corrected chi connectivity index (χ3v) is 3.40. The van der Waals surface area contributed by atoms with Gasteiger partial charge in [0.05, 0.1) is 5.02 Å². The summed E-state index contributed by atoms with van der Waals surface area (Å²) in [6, 6.07) is 5.54. The lowest BCUT2D eigenvalue weighted by Crippen LogP contribution is -2.22. The molecular weight excluding hydrogens is 333 g/mol. The molecule has 1 aromatic heterocycles. The van der Waals surface area contributed by atoms with Gasteiger partial charge in [-0.25, -0.2) is 14.4 Å². The van der Waals surface area contributed by atoms with Gasteiger partial charge in [0, 0.05) is 24.8 Å². The third kappa shape index (κ3) is 5.14. The van der Waals surface area contributed by atoms with Crippen molar-refractivity contribution in [2.75, 3.05) is 37.8 Å². The van der Waals surface area contributed by atoms with E-state index < -0.39 is 11.7 Å². The number of carbonyl (C=O) groups excluding carboxylic acids is 1. The number of nitrogens with one attached hydrogen (secondary N) is 2. The van der Waals surface area contributed by atoms with Crippen LogP contribution in [0.3, 0.4) is 0 Å². The zero-order chi connectivity index (χ0) is 17.7. The van der Waals surface area contributed by atoms with Gasteiger partial charge in [-0.2, -0.15) is 0 Å². The molecule has 0 aliphatic heterocycles.